The van der Waals surface area contributed by atoms with Crippen LogP contribution in [0.2, 0.25) is 0 Å². The Morgan fingerprint density at radius 1 is 1.21 bits per heavy atom. The monoisotopic (exact) mass is 200 g/mol. The smallest absolute Gasteiger partial charge is 0.306 e. The van der Waals surface area contributed by atoms with E-state index in [4.69, 9.17) is 5.11 Å². The number of carbonyl (C=O) groups is 2. The van der Waals surface area contributed by atoms with Gasteiger partial charge in [0.1, 0.15) is 5.78 Å². The molecule has 1 N–H and O–H groups in total. The van der Waals surface area contributed by atoms with E-state index < -0.39 is 5.97 Å². The molecule has 0 rings (SSSR count). The number of rotatable bonds is 8. The van der Waals surface area contributed by atoms with Gasteiger partial charge in [0.05, 0.1) is 5.92 Å². The Bertz CT molecular complexity index is 187. The predicted octanol–water partition coefficient (Wildman–Crippen LogP) is 2.64. The Kier molecular flexibility index (Phi) is 7.07. The lowest BCUT2D eigenvalue weighted by Crippen LogP contribution is -2.12. The summed E-state index contributed by atoms with van der Waals surface area (Å²) in [5, 5.41) is 8.76. The van der Waals surface area contributed by atoms with E-state index in [-0.39, 0.29) is 11.7 Å². The van der Waals surface area contributed by atoms with Crippen LogP contribution in [0.5, 0.6) is 0 Å². The second-order valence-corrected chi connectivity index (χ2v) is 3.74. The first kappa shape index (κ1) is 13.1. The molecule has 0 fully saturated rings. The lowest BCUT2D eigenvalue weighted by atomic mass is 9.98. The number of carbonyl (C=O) groups excluding carboxylic acids is 1. The number of carboxylic acids is 1. The van der Waals surface area contributed by atoms with Crippen LogP contribution in [0.25, 0.3) is 0 Å². The fourth-order valence-electron chi connectivity index (χ4n) is 1.44. The largest absolute Gasteiger partial charge is 0.481 e. The molecule has 3 nitrogen and oxygen atoms in total. The van der Waals surface area contributed by atoms with Gasteiger partial charge in [0, 0.05) is 6.42 Å². The van der Waals surface area contributed by atoms with E-state index >= 15 is 0 Å². The minimum Gasteiger partial charge on any atom is -0.481 e. The third-order valence-electron chi connectivity index (χ3n) is 2.42. The van der Waals surface area contributed by atoms with Gasteiger partial charge < -0.3 is 9.90 Å². The van der Waals surface area contributed by atoms with Crippen LogP contribution in [-0.4, -0.2) is 16.9 Å². The van der Waals surface area contributed by atoms with Crippen molar-refractivity contribution in [3.63, 3.8) is 0 Å². The van der Waals surface area contributed by atoms with E-state index in [1.54, 1.807) is 6.92 Å². The molecule has 1 atom stereocenters. The fraction of sp³-hybridized carbons (Fsp3) is 0.818. The van der Waals surface area contributed by atoms with Crippen molar-refractivity contribution in [2.45, 2.75) is 52.4 Å². The SMILES string of the molecule is CCC(CCCCCC(C)=O)C(=O)O. The van der Waals surface area contributed by atoms with E-state index in [9.17, 15) is 9.59 Å². The summed E-state index contributed by atoms with van der Waals surface area (Å²) in [7, 11) is 0. The molecule has 0 aromatic carbocycles. The Balaban J connectivity index is 3.42. The summed E-state index contributed by atoms with van der Waals surface area (Å²) in [5.74, 6) is -0.679. The average Bonchev–Trinajstić information content (AvgIpc) is 2.10. The number of Topliss-reactive ketones (excluding diaryl/α,β-unsaturated/α-hetero) is 1. The van der Waals surface area contributed by atoms with Crippen LogP contribution in [0.3, 0.4) is 0 Å². The van der Waals surface area contributed by atoms with Crippen molar-refractivity contribution in [2.75, 3.05) is 0 Å². The molecule has 0 spiro atoms. The molecule has 0 aromatic heterocycles. The molecule has 0 aliphatic carbocycles. The van der Waals surface area contributed by atoms with E-state index in [1.807, 2.05) is 6.92 Å². The lowest BCUT2D eigenvalue weighted by Gasteiger charge is -2.08. The fourth-order valence-corrected chi connectivity index (χ4v) is 1.44. The molecule has 0 bridgehead atoms. The molecule has 3 heteroatoms. The van der Waals surface area contributed by atoms with E-state index in [0.717, 1.165) is 25.7 Å². The summed E-state index contributed by atoms with van der Waals surface area (Å²) in [6.45, 7) is 3.49. The highest BCUT2D eigenvalue weighted by atomic mass is 16.4. The van der Waals surface area contributed by atoms with Crippen LogP contribution in [0.15, 0.2) is 0 Å². The molecule has 1 unspecified atom stereocenters. The number of hydrogen-bond donors (Lipinski definition) is 1. The van der Waals surface area contributed by atoms with Gasteiger partial charge in [0.25, 0.3) is 0 Å². The van der Waals surface area contributed by atoms with Crippen molar-refractivity contribution >= 4 is 11.8 Å². The topological polar surface area (TPSA) is 54.4 Å². The number of carboxylic acid groups (broad SMARTS) is 1. The maximum absolute atomic E-state index is 10.6. The number of ketones is 1. The predicted molar refractivity (Wildman–Crippen MR) is 55.2 cm³/mol. The zero-order chi connectivity index (χ0) is 11.0. The van der Waals surface area contributed by atoms with Gasteiger partial charge in [-0.1, -0.05) is 19.8 Å². The second-order valence-electron chi connectivity index (χ2n) is 3.74. The number of aliphatic carboxylic acids is 1. The zero-order valence-corrected chi connectivity index (χ0v) is 9.08. The van der Waals surface area contributed by atoms with Gasteiger partial charge in [-0.25, -0.2) is 0 Å². The van der Waals surface area contributed by atoms with Crippen LogP contribution in [0, 0.1) is 5.92 Å². The summed E-state index contributed by atoms with van der Waals surface area (Å²) in [6, 6.07) is 0. The maximum atomic E-state index is 10.6. The molecular weight excluding hydrogens is 180 g/mol. The molecule has 0 aliphatic heterocycles. The lowest BCUT2D eigenvalue weighted by molar-refractivity contribution is -0.142. The first-order valence-corrected chi connectivity index (χ1v) is 5.30. The van der Waals surface area contributed by atoms with E-state index in [0.29, 0.717) is 12.8 Å². The third kappa shape index (κ3) is 6.63. The minimum absolute atomic E-state index is 0.202. The highest BCUT2D eigenvalue weighted by molar-refractivity contribution is 5.75. The van der Waals surface area contributed by atoms with Crippen molar-refractivity contribution in [1.29, 1.82) is 0 Å². The van der Waals surface area contributed by atoms with E-state index in [2.05, 4.69) is 0 Å². The molecule has 0 amide bonds. The molecule has 0 radical (unpaired) electrons. The molecule has 0 saturated heterocycles. The van der Waals surface area contributed by atoms with Crippen LogP contribution in [0.1, 0.15) is 52.4 Å². The third-order valence-corrected chi connectivity index (χ3v) is 2.42. The summed E-state index contributed by atoms with van der Waals surface area (Å²) in [6.07, 6.45) is 4.84. The van der Waals surface area contributed by atoms with Gasteiger partial charge in [0.15, 0.2) is 0 Å². The maximum Gasteiger partial charge on any atom is 0.306 e. The highest BCUT2D eigenvalue weighted by Crippen LogP contribution is 2.14. The number of unbranched alkanes of at least 4 members (excludes halogenated alkanes) is 2. The Morgan fingerprint density at radius 2 is 1.86 bits per heavy atom. The molecule has 14 heavy (non-hydrogen) atoms. The molecule has 0 aliphatic rings. The van der Waals surface area contributed by atoms with Crippen molar-refractivity contribution in [1.82, 2.24) is 0 Å². The quantitative estimate of drug-likeness (QED) is 0.613. The van der Waals surface area contributed by atoms with E-state index in [1.165, 1.54) is 0 Å². The standard InChI is InChI=1S/C11H20O3/c1-3-10(11(13)14)8-6-4-5-7-9(2)12/h10H,3-8H2,1-2H3,(H,13,14). The zero-order valence-electron chi connectivity index (χ0n) is 9.08. The van der Waals surface area contributed by atoms with Gasteiger partial charge in [-0.2, -0.15) is 0 Å². The summed E-state index contributed by atoms with van der Waals surface area (Å²) in [4.78, 5) is 21.3. The van der Waals surface area contributed by atoms with Crippen LogP contribution < -0.4 is 0 Å². The molecular formula is C11H20O3. The molecule has 0 aromatic rings. The first-order valence-electron chi connectivity index (χ1n) is 5.30. The summed E-state index contributed by atoms with van der Waals surface area (Å²) >= 11 is 0. The van der Waals surface area contributed by atoms with Crippen LogP contribution in [0.4, 0.5) is 0 Å². The van der Waals surface area contributed by atoms with Crippen molar-refractivity contribution in [2.24, 2.45) is 5.92 Å². The Labute approximate surface area is 85.5 Å². The van der Waals surface area contributed by atoms with Crippen LogP contribution in [-0.2, 0) is 9.59 Å². The van der Waals surface area contributed by atoms with Crippen molar-refractivity contribution in [3.05, 3.63) is 0 Å². The van der Waals surface area contributed by atoms with Gasteiger partial charge in [-0.3, -0.25) is 4.79 Å². The first-order chi connectivity index (χ1) is 6.57. The van der Waals surface area contributed by atoms with Gasteiger partial charge >= 0.3 is 5.97 Å². The van der Waals surface area contributed by atoms with Gasteiger partial charge in [0.2, 0.25) is 0 Å². The van der Waals surface area contributed by atoms with Crippen molar-refractivity contribution < 1.29 is 14.7 Å². The summed E-state index contributed by atoms with van der Waals surface area (Å²) in [5.41, 5.74) is 0. The average molecular weight is 200 g/mol. The van der Waals surface area contributed by atoms with Gasteiger partial charge in [-0.05, 0) is 26.2 Å². The second kappa shape index (κ2) is 7.54. The summed E-state index contributed by atoms with van der Waals surface area (Å²) < 4.78 is 0. The molecule has 82 valence electrons. The highest BCUT2D eigenvalue weighted by Gasteiger charge is 2.13. The van der Waals surface area contributed by atoms with Crippen molar-refractivity contribution in [3.8, 4) is 0 Å². The van der Waals surface area contributed by atoms with Gasteiger partial charge in [-0.15, -0.1) is 0 Å². The Morgan fingerprint density at radius 3 is 2.29 bits per heavy atom. The number of hydrogen-bond acceptors (Lipinski definition) is 2. The molecule has 0 saturated carbocycles. The van der Waals surface area contributed by atoms with Crippen LogP contribution >= 0.6 is 0 Å². The Hall–Kier alpha value is -0.860. The molecule has 0 heterocycles. The normalized spacial score (nSPS) is 12.4. The minimum atomic E-state index is -0.695.